The van der Waals surface area contributed by atoms with Gasteiger partial charge < -0.3 is 34.7 Å². The first kappa shape index (κ1) is 25.2. The van der Waals surface area contributed by atoms with Crippen LogP contribution in [0.3, 0.4) is 0 Å². The summed E-state index contributed by atoms with van der Waals surface area (Å²) in [6.45, 7) is 3.15. The number of ether oxygens (including phenoxy) is 5. The van der Waals surface area contributed by atoms with E-state index in [1.54, 1.807) is 30.8 Å². The Morgan fingerprint density at radius 1 is 1.26 bits per heavy atom. The molecule has 0 saturated carbocycles. The van der Waals surface area contributed by atoms with Crippen molar-refractivity contribution >= 4 is 34.4 Å². The largest absolute Gasteiger partial charge is 0.484 e. The van der Waals surface area contributed by atoms with Crippen LogP contribution in [0.4, 0.5) is 10.2 Å². The molecule has 0 spiro atoms. The second-order valence-corrected chi connectivity index (χ2v) is 9.69. The van der Waals surface area contributed by atoms with Crippen molar-refractivity contribution in [2.24, 2.45) is 0 Å². The van der Waals surface area contributed by atoms with E-state index in [-0.39, 0.29) is 36.9 Å². The predicted octanol–water partition coefficient (Wildman–Crippen LogP) is 1.07. The van der Waals surface area contributed by atoms with Crippen molar-refractivity contribution in [1.29, 1.82) is 0 Å². The summed E-state index contributed by atoms with van der Waals surface area (Å²) in [6.07, 6.45) is 0.679. The molecule has 0 aliphatic carbocycles. The van der Waals surface area contributed by atoms with Gasteiger partial charge in [-0.05, 0) is 31.5 Å². The lowest BCUT2D eigenvalue weighted by Gasteiger charge is -2.25. The Balaban J connectivity index is 1.13. The van der Waals surface area contributed by atoms with Crippen LogP contribution in [0.1, 0.15) is 25.6 Å². The van der Waals surface area contributed by atoms with E-state index < -0.39 is 48.0 Å². The smallest absolute Gasteiger partial charge is 0.342 e. The normalized spacial score (nSPS) is 25.7. The Hall–Kier alpha value is -4.14. The number of imidazole rings is 1. The van der Waals surface area contributed by atoms with Crippen molar-refractivity contribution < 1.29 is 37.7 Å². The molecule has 2 aromatic heterocycles. The Morgan fingerprint density at radius 3 is 2.90 bits per heavy atom. The van der Waals surface area contributed by atoms with E-state index in [9.17, 15) is 14.0 Å². The Labute approximate surface area is 221 Å². The zero-order valence-electron chi connectivity index (χ0n) is 21.0. The van der Waals surface area contributed by atoms with Gasteiger partial charge in [0, 0.05) is 6.54 Å². The number of hydrogen-bond acceptors (Lipinski definition) is 11. The third-order valence-corrected chi connectivity index (χ3v) is 6.60. The van der Waals surface area contributed by atoms with Crippen LogP contribution in [0.5, 0.6) is 0 Å². The van der Waals surface area contributed by atoms with E-state index >= 15 is 0 Å². The predicted molar refractivity (Wildman–Crippen MR) is 131 cm³/mol. The molecule has 13 nitrogen and oxygen atoms in total. The van der Waals surface area contributed by atoms with Crippen molar-refractivity contribution in [1.82, 2.24) is 24.8 Å². The third-order valence-electron chi connectivity index (χ3n) is 6.60. The molecule has 3 aliphatic heterocycles. The molecule has 0 radical (unpaired) electrons. The second-order valence-electron chi connectivity index (χ2n) is 9.69. The molecule has 204 valence electrons. The number of carbonyl (C=O) groups is 2. The fraction of sp³-hybridized carbons (Fsp3) is 0.400. The lowest BCUT2D eigenvalue weighted by Crippen LogP contribution is -2.41. The number of cyclic esters (lactones) is 1. The molecule has 5 heterocycles. The molecular weight excluding hydrogens is 515 g/mol. The van der Waals surface area contributed by atoms with E-state index in [0.717, 1.165) is 0 Å². The summed E-state index contributed by atoms with van der Waals surface area (Å²) in [5.41, 5.74) is 7.24. The van der Waals surface area contributed by atoms with Gasteiger partial charge in [-0.15, -0.1) is 0 Å². The van der Waals surface area contributed by atoms with Crippen LogP contribution in [0, 0.1) is 5.82 Å². The maximum absolute atomic E-state index is 13.7. The Kier molecular flexibility index (Phi) is 6.16. The fourth-order valence-corrected chi connectivity index (χ4v) is 4.95. The van der Waals surface area contributed by atoms with Crippen molar-refractivity contribution in [3.05, 3.63) is 54.1 Å². The van der Waals surface area contributed by atoms with Crippen LogP contribution in [0.25, 0.3) is 16.7 Å². The summed E-state index contributed by atoms with van der Waals surface area (Å²) in [6, 6.07) is 5.50. The first-order valence-electron chi connectivity index (χ1n) is 12.2. The van der Waals surface area contributed by atoms with Gasteiger partial charge >= 0.3 is 5.97 Å². The molecule has 14 heteroatoms. The molecule has 1 amide bonds. The topological polar surface area (TPSA) is 162 Å². The first-order valence-corrected chi connectivity index (χ1v) is 12.2. The Morgan fingerprint density at radius 2 is 2.08 bits per heavy atom. The van der Waals surface area contributed by atoms with Crippen molar-refractivity contribution in [2.45, 2.75) is 44.2 Å². The second kappa shape index (κ2) is 9.55. The minimum atomic E-state index is -0.873. The Bertz CT molecular complexity index is 1490. The van der Waals surface area contributed by atoms with Gasteiger partial charge in [-0.2, -0.15) is 0 Å². The number of aromatic nitrogens is 4. The highest BCUT2D eigenvalue weighted by Gasteiger charge is 2.56. The third kappa shape index (κ3) is 4.66. The van der Waals surface area contributed by atoms with Crippen molar-refractivity contribution in [3.8, 4) is 0 Å². The van der Waals surface area contributed by atoms with Gasteiger partial charge in [0.25, 0.3) is 5.91 Å². The SMILES string of the molecule is CC1(C)O[C@@H]2[C@H](O1)[C@@H](CNC(=O)COC1=C(c3cccc(F)c3)C(=O)OC1)O[C@H]2n1cnc2c(N)ncnc21. The van der Waals surface area contributed by atoms with Gasteiger partial charge in [-0.25, -0.2) is 24.1 Å². The molecular formula is C25H25FN6O7. The summed E-state index contributed by atoms with van der Waals surface area (Å²) in [5, 5.41) is 2.77. The molecule has 0 unspecified atom stereocenters. The molecule has 6 rings (SSSR count). The molecule has 0 bridgehead atoms. The van der Waals surface area contributed by atoms with Crippen molar-refractivity contribution in [2.75, 3.05) is 25.5 Å². The minimum Gasteiger partial charge on any atom is -0.484 e. The molecule has 2 fully saturated rings. The number of nitrogen functional groups attached to an aromatic ring is 1. The monoisotopic (exact) mass is 540 g/mol. The summed E-state index contributed by atoms with van der Waals surface area (Å²) >= 11 is 0. The highest BCUT2D eigenvalue weighted by atomic mass is 19.1. The summed E-state index contributed by atoms with van der Waals surface area (Å²) in [5.74, 6) is -2.09. The van der Waals surface area contributed by atoms with Crippen LogP contribution < -0.4 is 11.1 Å². The molecule has 3 aromatic rings. The van der Waals surface area contributed by atoms with Crippen LogP contribution in [-0.4, -0.2) is 75.3 Å². The zero-order chi connectivity index (χ0) is 27.3. The van der Waals surface area contributed by atoms with E-state index in [0.29, 0.717) is 16.7 Å². The number of benzene rings is 1. The van der Waals surface area contributed by atoms with Gasteiger partial charge in [-0.3, -0.25) is 9.36 Å². The summed E-state index contributed by atoms with van der Waals surface area (Å²) in [7, 11) is 0. The van der Waals surface area contributed by atoms with Gasteiger partial charge in [0.1, 0.15) is 53.9 Å². The number of nitrogens with two attached hydrogens (primary N) is 1. The van der Waals surface area contributed by atoms with Crippen LogP contribution in [0.2, 0.25) is 0 Å². The van der Waals surface area contributed by atoms with Gasteiger partial charge in [0.2, 0.25) is 0 Å². The molecule has 2 saturated heterocycles. The molecule has 4 atom stereocenters. The van der Waals surface area contributed by atoms with E-state index in [1.165, 1.54) is 24.5 Å². The number of carbonyl (C=O) groups excluding carboxylic acids is 2. The lowest BCUT2D eigenvalue weighted by molar-refractivity contribution is -0.195. The quantitative estimate of drug-likeness (QED) is 0.412. The van der Waals surface area contributed by atoms with Gasteiger partial charge in [0.15, 0.2) is 30.1 Å². The average molecular weight is 541 g/mol. The molecule has 3 aliphatic rings. The van der Waals surface area contributed by atoms with Crippen LogP contribution in [0.15, 0.2) is 42.7 Å². The molecule has 1 aromatic carbocycles. The highest BCUT2D eigenvalue weighted by molar-refractivity contribution is 6.18. The maximum atomic E-state index is 13.7. The van der Waals surface area contributed by atoms with Gasteiger partial charge in [0.05, 0.1) is 6.33 Å². The first-order chi connectivity index (χ1) is 18.7. The number of hydrogen-bond donors (Lipinski definition) is 2. The van der Waals surface area contributed by atoms with Crippen LogP contribution in [-0.2, 0) is 33.3 Å². The zero-order valence-corrected chi connectivity index (χ0v) is 21.0. The number of fused-ring (bicyclic) bond motifs is 2. The standard InChI is InChI=1S/C25H25FN6O7/c1-25(2)38-19-14(37-23(20(19)39-25)32-11-31-18-21(27)29-10-30-22(18)32)7-28-16(33)9-35-15-8-36-24(34)17(15)12-4-3-5-13(26)6-12/h3-6,10-11,14,19-20,23H,7-9H2,1-2H3,(H,28,33)(H2,27,29,30)/t14-,19-,20-,23-/m1/s1. The molecule has 39 heavy (non-hydrogen) atoms. The minimum absolute atomic E-state index is 0.0860. The maximum Gasteiger partial charge on any atom is 0.342 e. The number of nitrogens with one attached hydrogen (secondary N) is 1. The van der Waals surface area contributed by atoms with E-state index in [2.05, 4.69) is 20.3 Å². The number of halogens is 1. The number of esters is 1. The lowest BCUT2D eigenvalue weighted by atomic mass is 10.1. The summed E-state index contributed by atoms with van der Waals surface area (Å²) < 4.78 is 44.5. The number of amides is 1. The van der Waals surface area contributed by atoms with Crippen molar-refractivity contribution in [3.63, 3.8) is 0 Å². The van der Waals surface area contributed by atoms with E-state index in [1.807, 2.05) is 0 Å². The van der Waals surface area contributed by atoms with E-state index in [4.69, 9.17) is 29.4 Å². The number of rotatable bonds is 7. The number of nitrogens with zero attached hydrogens (tertiary/aromatic N) is 4. The fourth-order valence-electron chi connectivity index (χ4n) is 4.95. The van der Waals surface area contributed by atoms with Crippen LogP contribution >= 0.6 is 0 Å². The molecule has 3 N–H and O–H groups in total. The average Bonchev–Trinajstić information content (AvgIpc) is 3.63. The number of anilines is 1. The van der Waals surface area contributed by atoms with Gasteiger partial charge in [-0.1, -0.05) is 12.1 Å². The highest BCUT2D eigenvalue weighted by Crippen LogP contribution is 2.43. The summed E-state index contributed by atoms with van der Waals surface area (Å²) in [4.78, 5) is 37.4.